The lowest BCUT2D eigenvalue weighted by molar-refractivity contribution is 0.0705. The SMILES string of the molecule is O=C(c1ccc2n[nH]nc2c1)N1CCCC(c2ncc[nH]2)C1. The van der Waals surface area contributed by atoms with Crippen LogP contribution in [0.25, 0.3) is 11.0 Å². The highest BCUT2D eigenvalue weighted by Gasteiger charge is 2.26. The number of nitrogens with one attached hydrogen (secondary N) is 2. The molecule has 1 saturated heterocycles. The Morgan fingerprint density at radius 3 is 3.05 bits per heavy atom. The van der Waals surface area contributed by atoms with Crippen LogP contribution in [-0.2, 0) is 0 Å². The fourth-order valence-corrected chi connectivity index (χ4v) is 3.04. The number of likely N-dealkylation sites (tertiary alicyclic amines) is 1. The van der Waals surface area contributed by atoms with Crippen molar-refractivity contribution in [1.29, 1.82) is 0 Å². The Morgan fingerprint density at radius 2 is 2.18 bits per heavy atom. The van der Waals surface area contributed by atoms with Gasteiger partial charge in [-0.2, -0.15) is 15.4 Å². The summed E-state index contributed by atoms with van der Waals surface area (Å²) < 4.78 is 0. The van der Waals surface area contributed by atoms with Gasteiger partial charge in [-0.3, -0.25) is 4.79 Å². The zero-order valence-corrected chi connectivity index (χ0v) is 12.0. The molecule has 7 nitrogen and oxygen atoms in total. The minimum absolute atomic E-state index is 0.0427. The number of nitrogens with zero attached hydrogens (tertiary/aromatic N) is 4. The number of aromatic nitrogens is 5. The van der Waals surface area contributed by atoms with Gasteiger partial charge in [0.05, 0.1) is 0 Å². The van der Waals surface area contributed by atoms with Crippen molar-refractivity contribution in [3.63, 3.8) is 0 Å². The molecule has 1 aliphatic rings. The van der Waals surface area contributed by atoms with E-state index in [0.717, 1.165) is 30.7 Å². The topological polar surface area (TPSA) is 90.6 Å². The van der Waals surface area contributed by atoms with Gasteiger partial charge in [0.15, 0.2) is 0 Å². The van der Waals surface area contributed by atoms with Crippen molar-refractivity contribution in [3.8, 4) is 0 Å². The Bertz CT molecular complexity index is 793. The summed E-state index contributed by atoms with van der Waals surface area (Å²) in [6, 6.07) is 5.42. The van der Waals surface area contributed by atoms with E-state index in [2.05, 4.69) is 25.4 Å². The maximum Gasteiger partial charge on any atom is 0.253 e. The smallest absolute Gasteiger partial charge is 0.253 e. The van der Waals surface area contributed by atoms with Crippen molar-refractivity contribution >= 4 is 16.9 Å². The van der Waals surface area contributed by atoms with Crippen molar-refractivity contribution in [2.24, 2.45) is 0 Å². The predicted octanol–water partition coefficient (Wildman–Crippen LogP) is 1.70. The van der Waals surface area contributed by atoms with Gasteiger partial charge in [0, 0.05) is 37.0 Å². The Hall–Kier alpha value is -2.70. The molecule has 1 amide bonds. The highest BCUT2D eigenvalue weighted by molar-refractivity contribution is 5.97. The van der Waals surface area contributed by atoms with Gasteiger partial charge in [-0.05, 0) is 31.0 Å². The number of imidazole rings is 1. The number of piperidine rings is 1. The standard InChI is InChI=1S/C15H16N6O/c22-15(10-3-4-12-13(8-10)19-20-18-12)21-7-1-2-11(9-21)14-16-5-6-17-14/h3-6,8,11H,1-2,7,9H2,(H,16,17)(H,18,19,20). The number of carbonyl (C=O) groups excluding carboxylic acids is 1. The van der Waals surface area contributed by atoms with Crippen LogP contribution in [0.1, 0.15) is 34.9 Å². The van der Waals surface area contributed by atoms with Gasteiger partial charge < -0.3 is 9.88 Å². The van der Waals surface area contributed by atoms with E-state index >= 15 is 0 Å². The second-order valence-electron chi connectivity index (χ2n) is 5.59. The second-order valence-corrected chi connectivity index (χ2v) is 5.59. The van der Waals surface area contributed by atoms with E-state index in [1.807, 2.05) is 23.2 Å². The van der Waals surface area contributed by atoms with E-state index in [1.54, 1.807) is 12.3 Å². The summed E-state index contributed by atoms with van der Waals surface area (Å²) in [5.41, 5.74) is 2.13. The highest BCUT2D eigenvalue weighted by atomic mass is 16.2. The van der Waals surface area contributed by atoms with Crippen molar-refractivity contribution in [3.05, 3.63) is 42.0 Å². The summed E-state index contributed by atoms with van der Waals surface area (Å²) in [4.78, 5) is 22.1. The molecule has 22 heavy (non-hydrogen) atoms. The molecular formula is C15H16N6O. The quantitative estimate of drug-likeness (QED) is 0.753. The first kappa shape index (κ1) is 13.0. The van der Waals surface area contributed by atoms with Crippen LogP contribution in [0.2, 0.25) is 0 Å². The Kier molecular flexibility index (Phi) is 3.10. The Morgan fingerprint density at radius 1 is 1.27 bits per heavy atom. The van der Waals surface area contributed by atoms with E-state index < -0.39 is 0 Å². The third-order valence-corrected chi connectivity index (χ3v) is 4.18. The summed E-state index contributed by atoms with van der Waals surface area (Å²) >= 11 is 0. The number of rotatable bonds is 2. The molecule has 0 radical (unpaired) electrons. The molecule has 0 spiro atoms. The molecule has 0 aliphatic carbocycles. The van der Waals surface area contributed by atoms with Crippen LogP contribution in [0.15, 0.2) is 30.6 Å². The number of aromatic amines is 2. The van der Waals surface area contributed by atoms with Gasteiger partial charge in [-0.25, -0.2) is 4.98 Å². The number of fused-ring (bicyclic) bond motifs is 1. The fourth-order valence-electron chi connectivity index (χ4n) is 3.04. The lowest BCUT2D eigenvalue weighted by Gasteiger charge is -2.32. The van der Waals surface area contributed by atoms with Gasteiger partial charge in [-0.15, -0.1) is 0 Å². The molecule has 2 aromatic heterocycles. The molecule has 4 rings (SSSR count). The molecule has 0 bridgehead atoms. The third-order valence-electron chi connectivity index (χ3n) is 4.18. The number of amides is 1. The Labute approximate surface area is 126 Å². The van der Waals surface area contributed by atoms with Gasteiger partial charge in [0.25, 0.3) is 5.91 Å². The third kappa shape index (κ3) is 2.24. The maximum atomic E-state index is 12.7. The molecule has 1 aromatic carbocycles. The van der Waals surface area contributed by atoms with Gasteiger partial charge in [-0.1, -0.05) is 0 Å². The summed E-state index contributed by atoms with van der Waals surface area (Å²) in [6.07, 6.45) is 5.63. The average Bonchev–Trinajstić information content (AvgIpc) is 3.25. The average molecular weight is 296 g/mol. The van der Waals surface area contributed by atoms with Crippen molar-refractivity contribution in [2.45, 2.75) is 18.8 Å². The van der Waals surface area contributed by atoms with Crippen LogP contribution < -0.4 is 0 Å². The molecule has 112 valence electrons. The molecule has 3 heterocycles. The fraction of sp³-hybridized carbons (Fsp3) is 0.333. The first-order chi connectivity index (χ1) is 10.8. The van der Waals surface area contributed by atoms with Crippen molar-refractivity contribution < 1.29 is 4.79 Å². The molecule has 1 atom stereocenters. The summed E-state index contributed by atoms with van der Waals surface area (Å²) in [5.74, 6) is 1.29. The normalized spacial score (nSPS) is 18.7. The van der Waals surface area contributed by atoms with Crippen LogP contribution >= 0.6 is 0 Å². The molecule has 1 unspecified atom stereocenters. The van der Waals surface area contributed by atoms with Crippen molar-refractivity contribution in [1.82, 2.24) is 30.3 Å². The van der Waals surface area contributed by atoms with E-state index in [9.17, 15) is 4.79 Å². The van der Waals surface area contributed by atoms with Gasteiger partial charge in [0.1, 0.15) is 16.9 Å². The van der Waals surface area contributed by atoms with Gasteiger partial charge in [0.2, 0.25) is 0 Å². The van der Waals surface area contributed by atoms with E-state index in [4.69, 9.17) is 0 Å². The number of hydrogen-bond donors (Lipinski definition) is 2. The van der Waals surface area contributed by atoms with Crippen LogP contribution in [0.3, 0.4) is 0 Å². The van der Waals surface area contributed by atoms with E-state index in [0.29, 0.717) is 17.6 Å². The van der Waals surface area contributed by atoms with Crippen LogP contribution in [0.4, 0.5) is 0 Å². The van der Waals surface area contributed by atoms with Gasteiger partial charge >= 0.3 is 0 Å². The lowest BCUT2D eigenvalue weighted by atomic mass is 9.96. The lowest BCUT2D eigenvalue weighted by Crippen LogP contribution is -2.39. The zero-order valence-electron chi connectivity index (χ0n) is 12.0. The van der Waals surface area contributed by atoms with Crippen LogP contribution in [-0.4, -0.2) is 49.3 Å². The highest BCUT2D eigenvalue weighted by Crippen LogP contribution is 2.25. The monoisotopic (exact) mass is 296 g/mol. The molecule has 0 saturated carbocycles. The molecular weight excluding hydrogens is 280 g/mol. The summed E-state index contributed by atoms with van der Waals surface area (Å²) in [7, 11) is 0. The number of benzene rings is 1. The predicted molar refractivity (Wildman–Crippen MR) is 80.4 cm³/mol. The summed E-state index contributed by atoms with van der Waals surface area (Å²) in [6.45, 7) is 1.48. The molecule has 2 N–H and O–H groups in total. The van der Waals surface area contributed by atoms with Crippen LogP contribution in [0, 0.1) is 0 Å². The minimum Gasteiger partial charge on any atom is -0.348 e. The molecule has 7 heteroatoms. The minimum atomic E-state index is 0.0427. The van der Waals surface area contributed by atoms with E-state index in [1.165, 1.54) is 0 Å². The number of H-pyrrole nitrogens is 2. The van der Waals surface area contributed by atoms with Crippen LogP contribution in [0.5, 0.6) is 0 Å². The number of carbonyl (C=O) groups is 1. The maximum absolute atomic E-state index is 12.7. The second kappa shape index (κ2) is 5.25. The van der Waals surface area contributed by atoms with Crippen molar-refractivity contribution in [2.75, 3.05) is 13.1 Å². The molecule has 1 aliphatic heterocycles. The zero-order chi connectivity index (χ0) is 14.9. The molecule has 1 fully saturated rings. The first-order valence-corrected chi connectivity index (χ1v) is 7.40. The molecule has 3 aromatic rings. The Balaban J connectivity index is 1.56. The number of hydrogen-bond acceptors (Lipinski definition) is 4. The first-order valence-electron chi connectivity index (χ1n) is 7.40. The summed E-state index contributed by atoms with van der Waals surface area (Å²) in [5, 5.41) is 10.6. The largest absolute Gasteiger partial charge is 0.348 e. The van der Waals surface area contributed by atoms with E-state index in [-0.39, 0.29) is 11.8 Å².